The Balaban J connectivity index is 1.68. The fourth-order valence-corrected chi connectivity index (χ4v) is 2.67. The predicted molar refractivity (Wildman–Crippen MR) is 84.1 cm³/mol. The zero-order valence-corrected chi connectivity index (χ0v) is 12.3. The second-order valence-electron chi connectivity index (χ2n) is 5.02. The molecule has 0 unspecified atom stereocenters. The molecule has 108 valence electrons. The number of benzene rings is 2. The van der Waals surface area contributed by atoms with Crippen molar-refractivity contribution in [3.8, 4) is 5.75 Å². The van der Waals surface area contributed by atoms with Crippen LogP contribution < -0.4 is 9.64 Å². The highest BCUT2D eigenvalue weighted by Gasteiger charge is 2.22. The van der Waals surface area contributed by atoms with Gasteiger partial charge in [-0.3, -0.25) is 4.79 Å². The van der Waals surface area contributed by atoms with E-state index < -0.39 is 0 Å². The molecule has 0 atom stereocenters. The zero-order chi connectivity index (χ0) is 14.7. The first-order valence-electron chi connectivity index (χ1n) is 7.01. The van der Waals surface area contributed by atoms with Gasteiger partial charge in [-0.15, -0.1) is 0 Å². The van der Waals surface area contributed by atoms with Gasteiger partial charge in [-0.25, -0.2) is 0 Å². The molecule has 4 heteroatoms. The maximum absolute atomic E-state index is 12.4. The number of nitrogens with zero attached hydrogens (tertiary/aromatic N) is 1. The molecule has 0 spiro atoms. The van der Waals surface area contributed by atoms with Crippen LogP contribution in [0.4, 0.5) is 5.69 Å². The molecular weight excluding hydrogens is 286 g/mol. The third-order valence-corrected chi connectivity index (χ3v) is 3.84. The van der Waals surface area contributed by atoms with E-state index >= 15 is 0 Å². The number of carbonyl (C=O) groups is 1. The molecule has 2 aromatic carbocycles. The van der Waals surface area contributed by atoms with Crippen LogP contribution in [0.1, 0.15) is 12.0 Å². The molecule has 21 heavy (non-hydrogen) atoms. The number of aryl methyl sites for hydroxylation is 1. The number of halogens is 1. The summed E-state index contributed by atoms with van der Waals surface area (Å²) in [7, 11) is 0. The molecule has 1 aliphatic heterocycles. The van der Waals surface area contributed by atoms with Crippen molar-refractivity contribution in [3.05, 3.63) is 59.1 Å². The van der Waals surface area contributed by atoms with Crippen LogP contribution in [-0.2, 0) is 11.2 Å². The van der Waals surface area contributed by atoms with Crippen LogP contribution in [0, 0.1) is 0 Å². The second-order valence-corrected chi connectivity index (χ2v) is 5.46. The van der Waals surface area contributed by atoms with E-state index in [4.69, 9.17) is 16.3 Å². The third-order valence-electron chi connectivity index (χ3n) is 3.59. The molecule has 0 N–H and O–H groups in total. The van der Waals surface area contributed by atoms with Crippen LogP contribution in [-0.4, -0.2) is 19.1 Å². The Morgan fingerprint density at radius 3 is 2.71 bits per heavy atom. The van der Waals surface area contributed by atoms with Gasteiger partial charge < -0.3 is 9.64 Å². The highest BCUT2D eigenvalue weighted by molar-refractivity contribution is 6.30. The Morgan fingerprint density at radius 1 is 1.14 bits per heavy atom. The molecule has 0 fully saturated rings. The molecule has 0 bridgehead atoms. The molecule has 0 aliphatic carbocycles. The van der Waals surface area contributed by atoms with Crippen LogP contribution in [0.2, 0.25) is 5.02 Å². The van der Waals surface area contributed by atoms with Crippen LogP contribution in [0.15, 0.2) is 48.5 Å². The topological polar surface area (TPSA) is 29.5 Å². The van der Waals surface area contributed by atoms with Gasteiger partial charge in [-0.1, -0.05) is 29.8 Å². The minimum Gasteiger partial charge on any atom is -0.484 e. The van der Waals surface area contributed by atoms with E-state index in [-0.39, 0.29) is 12.5 Å². The lowest BCUT2D eigenvalue weighted by Crippen LogP contribution is -2.38. The number of rotatable bonds is 3. The molecule has 1 aliphatic rings. The molecule has 0 saturated heterocycles. The number of hydrogen-bond donors (Lipinski definition) is 0. The first kappa shape index (κ1) is 14.0. The van der Waals surface area contributed by atoms with Gasteiger partial charge in [-0.2, -0.15) is 0 Å². The summed E-state index contributed by atoms with van der Waals surface area (Å²) in [4.78, 5) is 14.2. The van der Waals surface area contributed by atoms with E-state index in [1.54, 1.807) is 24.3 Å². The third kappa shape index (κ3) is 3.19. The lowest BCUT2D eigenvalue weighted by atomic mass is 10.0. The fraction of sp³-hybridized carbons (Fsp3) is 0.235. The molecule has 0 aromatic heterocycles. The maximum Gasteiger partial charge on any atom is 0.264 e. The minimum absolute atomic E-state index is 0.0166. The first-order chi connectivity index (χ1) is 10.2. The van der Waals surface area contributed by atoms with Crippen molar-refractivity contribution >= 4 is 23.2 Å². The SMILES string of the molecule is O=C(COc1ccc(Cl)cc1)N1CCCc2ccccc21. The number of ether oxygens (including phenoxy) is 1. The van der Waals surface area contributed by atoms with Gasteiger partial charge in [0, 0.05) is 17.3 Å². The molecule has 1 amide bonds. The van der Waals surface area contributed by atoms with Gasteiger partial charge in [-0.05, 0) is 48.7 Å². The monoisotopic (exact) mass is 301 g/mol. The quantitative estimate of drug-likeness (QED) is 0.865. The summed E-state index contributed by atoms with van der Waals surface area (Å²) in [6.07, 6.45) is 2.02. The Labute approximate surface area is 129 Å². The average Bonchev–Trinajstić information content (AvgIpc) is 2.53. The van der Waals surface area contributed by atoms with Crippen molar-refractivity contribution in [1.29, 1.82) is 0 Å². The number of fused-ring (bicyclic) bond motifs is 1. The fourth-order valence-electron chi connectivity index (χ4n) is 2.55. The van der Waals surface area contributed by atoms with Gasteiger partial charge in [0.05, 0.1) is 0 Å². The smallest absolute Gasteiger partial charge is 0.264 e. The average molecular weight is 302 g/mol. The molecule has 3 rings (SSSR count). The molecule has 0 saturated carbocycles. The number of hydrogen-bond acceptors (Lipinski definition) is 2. The summed E-state index contributed by atoms with van der Waals surface area (Å²) in [5, 5.41) is 0.652. The Bertz CT molecular complexity index is 639. The number of carbonyl (C=O) groups excluding carboxylic acids is 1. The van der Waals surface area contributed by atoms with E-state index in [1.807, 2.05) is 23.1 Å². The van der Waals surface area contributed by atoms with E-state index in [1.165, 1.54) is 5.56 Å². The van der Waals surface area contributed by atoms with Gasteiger partial charge in [0.25, 0.3) is 5.91 Å². The van der Waals surface area contributed by atoms with Crippen molar-refractivity contribution in [2.45, 2.75) is 12.8 Å². The standard InChI is InChI=1S/C17H16ClNO2/c18-14-7-9-15(10-8-14)21-12-17(20)19-11-3-5-13-4-1-2-6-16(13)19/h1-2,4,6-10H,3,5,11-12H2. The van der Waals surface area contributed by atoms with Crippen molar-refractivity contribution in [1.82, 2.24) is 0 Å². The van der Waals surface area contributed by atoms with Gasteiger partial charge >= 0.3 is 0 Å². The minimum atomic E-state index is -0.0166. The normalized spacial score (nSPS) is 13.7. The van der Waals surface area contributed by atoms with Crippen LogP contribution >= 0.6 is 11.6 Å². The van der Waals surface area contributed by atoms with E-state index in [9.17, 15) is 4.79 Å². The number of anilines is 1. The molecule has 0 radical (unpaired) electrons. The van der Waals surface area contributed by atoms with Gasteiger partial charge in [0.2, 0.25) is 0 Å². The first-order valence-corrected chi connectivity index (χ1v) is 7.38. The maximum atomic E-state index is 12.4. The van der Waals surface area contributed by atoms with Crippen molar-refractivity contribution in [2.75, 3.05) is 18.1 Å². The van der Waals surface area contributed by atoms with Gasteiger partial charge in [0.15, 0.2) is 6.61 Å². The van der Waals surface area contributed by atoms with Crippen LogP contribution in [0.5, 0.6) is 5.75 Å². The molecule has 2 aromatic rings. The van der Waals surface area contributed by atoms with Crippen LogP contribution in [0.25, 0.3) is 0 Å². The van der Waals surface area contributed by atoms with Crippen molar-refractivity contribution in [3.63, 3.8) is 0 Å². The largest absolute Gasteiger partial charge is 0.484 e. The van der Waals surface area contributed by atoms with E-state index in [0.29, 0.717) is 10.8 Å². The Kier molecular flexibility index (Phi) is 4.11. The lowest BCUT2D eigenvalue weighted by Gasteiger charge is -2.29. The summed E-state index contributed by atoms with van der Waals surface area (Å²) in [6, 6.07) is 15.1. The van der Waals surface area contributed by atoms with E-state index in [0.717, 1.165) is 25.1 Å². The highest BCUT2D eigenvalue weighted by atomic mass is 35.5. The number of para-hydroxylation sites is 1. The highest BCUT2D eigenvalue weighted by Crippen LogP contribution is 2.26. The number of amides is 1. The zero-order valence-electron chi connectivity index (χ0n) is 11.6. The second kappa shape index (κ2) is 6.19. The Morgan fingerprint density at radius 2 is 1.90 bits per heavy atom. The van der Waals surface area contributed by atoms with Gasteiger partial charge in [0.1, 0.15) is 5.75 Å². The molecular formula is C17H16ClNO2. The van der Waals surface area contributed by atoms with Crippen molar-refractivity contribution in [2.24, 2.45) is 0 Å². The van der Waals surface area contributed by atoms with Crippen molar-refractivity contribution < 1.29 is 9.53 Å². The van der Waals surface area contributed by atoms with Crippen LogP contribution in [0.3, 0.4) is 0 Å². The summed E-state index contributed by atoms with van der Waals surface area (Å²) in [5.41, 5.74) is 2.23. The lowest BCUT2D eigenvalue weighted by molar-refractivity contribution is -0.120. The van der Waals surface area contributed by atoms with E-state index in [2.05, 4.69) is 6.07 Å². The molecule has 3 nitrogen and oxygen atoms in total. The Hall–Kier alpha value is -2.00. The summed E-state index contributed by atoms with van der Waals surface area (Å²) >= 11 is 5.82. The summed E-state index contributed by atoms with van der Waals surface area (Å²) < 4.78 is 5.54. The summed E-state index contributed by atoms with van der Waals surface area (Å²) in [5.74, 6) is 0.634. The predicted octanol–water partition coefficient (Wildman–Crippen LogP) is 3.70. The summed E-state index contributed by atoms with van der Waals surface area (Å²) in [6.45, 7) is 0.787. The molecule has 1 heterocycles.